The number of furan rings is 2. The molecule has 2 heteroatoms. The topological polar surface area (TPSA) is 26.3 Å². The molecule has 0 spiro atoms. The van der Waals surface area contributed by atoms with Gasteiger partial charge in [-0.25, -0.2) is 0 Å². The minimum absolute atomic E-state index is 0.906. The van der Waals surface area contributed by atoms with Crippen LogP contribution in [0.5, 0.6) is 0 Å². The van der Waals surface area contributed by atoms with Gasteiger partial charge in [-0.15, -0.1) is 0 Å². The molecule has 0 aliphatic carbocycles. The van der Waals surface area contributed by atoms with Crippen LogP contribution in [-0.2, 0) is 0 Å². The van der Waals surface area contributed by atoms with Crippen LogP contribution < -0.4 is 0 Å². The third-order valence-electron chi connectivity index (χ3n) is 10.7. The Kier molecular flexibility index (Phi) is 6.28. The Hall–Kier alpha value is -6.90. The second kappa shape index (κ2) is 11.3. The molecular formula is C50H30O2. The smallest absolute Gasteiger partial charge is 0.135 e. The van der Waals surface area contributed by atoms with Gasteiger partial charge in [0, 0.05) is 21.5 Å². The minimum Gasteiger partial charge on any atom is -0.456 e. The van der Waals surface area contributed by atoms with Gasteiger partial charge in [0.25, 0.3) is 0 Å². The Balaban J connectivity index is 1.19. The molecule has 0 unspecified atom stereocenters. The fourth-order valence-electron chi connectivity index (χ4n) is 8.23. The van der Waals surface area contributed by atoms with E-state index in [2.05, 4.69) is 158 Å². The van der Waals surface area contributed by atoms with Crippen molar-refractivity contribution in [2.75, 3.05) is 0 Å². The maximum Gasteiger partial charge on any atom is 0.135 e. The molecule has 0 amide bonds. The number of para-hydroxylation sites is 2. The fraction of sp³-hybridized carbons (Fsp3) is 0. The summed E-state index contributed by atoms with van der Waals surface area (Å²) in [5.74, 6) is 0. The average molecular weight is 663 g/mol. The number of hydrogen-bond acceptors (Lipinski definition) is 2. The number of rotatable bonds is 4. The minimum atomic E-state index is 0.906. The standard InChI is InChI=1S/C50H30O2/c1-3-11-31(12-4-1)49-39-23-19-34(36-22-26-48-42(28-36)38-16-8-10-18-46(38)52-48)30-44(39)50(32-13-5-2-6-14-32)40-24-20-33(29-43(40)49)35-21-25-47-41(27-35)37-15-7-9-17-45(37)51-47/h1-30H. The second-order valence-electron chi connectivity index (χ2n) is 13.6. The molecule has 0 saturated heterocycles. The molecule has 2 heterocycles. The third-order valence-corrected chi connectivity index (χ3v) is 10.7. The van der Waals surface area contributed by atoms with Crippen molar-refractivity contribution in [2.45, 2.75) is 0 Å². The van der Waals surface area contributed by atoms with Gasteiger partial charge in [0.15, 0.2) is 0 Å². The van der Waals surface area contributed by atoms with Gasteiger partial charge in [0.2, 0.25) is 0 Å². The number of hydrogen-bond donors (Lipinski definition) is 0. The lowest BCUT2D eigenvalue weighted by Gasteiger charge is -2.19. The lowest BCUT2D eigenvalue weighted by molar-refractivity contribution is 0.668. The highest BCUT2D eigenvalue weighted by Crippen LogP contribution is 2.46. The summed E-state index contributed by atoms with van der Waals surface area (Å²) in [7, 11) is 0. The maximum absolute atomic E-state index is 6.18. The first-order valence-corrected chi connectivity index (χ1v) is 17.7. The Morgan fingerprint density at radius 2 is 0.558 bits per heavy atom. The van der Waals surface area contributed by atoms with Crippen LogP contribution >= 0.6 is 0 Å². The summed E-state index contributed by atoms with van der Waals surface area (Å²) in [5.41, 5.74) is 13.2. The van der Waals surface area contributed by atoms with Crippen molar-refractivity contribution in [2.24, 2.45) is 0 Å². The van der Waals surface area contributed by atoms with Crippen LogP contribution in [0.4, 0.5) is 0 Å². The lowest BCUT2D eigenvalue weighted by Crippen LogP contribution is -1.92. The van der Waals surface area contributed by atoms with Crippen LogP contribution in [0.3, 0.4) is 0 Å². The van der Waals surface area contributed by atoms with Crippen molar-refractivity contribution < 1.29 is 8.83 Å². The highest BCUT2D eigenvalue weighted by atomic mass is 16.3. The van der Waals surface area contributed by atoms with E-state index in [4.69, 9.17) is 8.83 Å². The van der Waals surface area contributed by atoms with Gasteiger partial charge < -0.3 is 8.83 Å². The maximum atomic E-state index is 6.18. The summed E-state index contributed by atoms with van der Waals surface area (Å²) in [6, 6.07) is 65.3. The fourth-order valence-corrected chi connectivity index (χ4v) is 8.23. The van der Waals surface area contributed by atoms with Crippen molar-refractivity contribution in [3.8, 4) is 44.5 Å². The van der Waals surface area contributed by atoms with Gasteiger partial charge in [0.05, 0.1) is 0 Å². The Labute approximate surface area is 299 Å². The van der Waals surface area contributed by atoms with Gasteiger partial charge >= 0.3 is 0 Å². The average Bonchev–Trinajstić information content (AvgIpc) is 3.78. The van der Waals surface area contributed by atoms with Crippen molar-refractivity contribution in [3.63, 3.8) is 0 Å². The van der Waals surface area contributed by atoms with Crippen molar-refractivity contribution in [3.05, 3.63) is 182 Å². The van der Waals surface area contributed by atoms with Gasteiger partial charge in [0.1, 0.15) is 22.3 Å². The summed E-state index contributed by atoms with van der Waals surface area (Å²) in [6.07, 6.45) is 0. The number of fused-ring (bicyclic) bond motifs is 8. The van der Waals surface area contributed by atoms with Gasteiger partial charge in [-0.3, -0.25) is 0 Å². The largest absolute Gasteiger partial charge is 0.456 e. The molecule has 0 atom stereocenters. The van der Waals surface area contributed by atoms with E-state index in [1.165, 1.54) is 66.1 Å². The molecule has 0 N–H and O–H groups in total. The first-order valence-electron chi connectivity index (χ1n) is 17.7. The zero-order valence-electron chi connectivity index (χ0n) is 28.1. The monoisotopic (exact) mass is 662 g/mol. The molecule has 2 nitrogen and oxygen atoms in total. The van der Waals surface area contributed by atoms with Crippen molar-refractivity contribution >= 4 is 65.4 Å². The summed E-state index contributed by atoms with van der Waals surface area (Å²) in [6.45, 7) is 0. The van der Waals surface area contributed by atoms with Crippen molar-refractivity contribution in [1.82, 2.24) is 0 Å². The van der Waals surface area contributed by atoms with Crippen LogP contribution in [0.2, 0.25) is 0 Å². The van der Waals surface area contributed by atoms with E-state index >= 15 is 0 Å². The zero-order chi connectivity index (χ0) is 34.2. The Morgan fingerprint density at radius 1 is 0.212 bits per heavy atom. The van der Waals surface area contributed by atoms with Crippen LogP contribution in [-0.4, -0.2) is 0 Å². The molecule has 9 aromatic carbocycles. The summed E-state index contributed by atoms with van der Waals surface area (Å²) in [4.78, 5) is 0. The first-order chi connectivity index (χ1) is 25.8. The van der Waals surface area contributed by atoms with Crippen LogP contribution in [0.15, 0.2) is 191 Å². The Morgan fingerprint density at radius 3 is 1.00 bits per heavy atom. The predicted molar refractivity (Wildman–Crippen MR) is 218 cm³/mol. The first kappa shape index (κ1) is 28.9. The summed E-state index contributed by atoms with van der Waals surface area (Å²) >= 11 is 0. The van der Waals surface area contributed by atoms with Crippen molar-refractivity contribution in [1.29, 1.82) is 0 Å². The summed E-state index contributed by atoms with van der Waals surface area (Å²) < 4.78 is 12.4. The molecule has 0 aliphatic rings. The number of benzene rings is 9. The highest BCUT2D eigenvalue weighted by Gasteiger charge is 2.19. The SMILES string of the molecule is c1ccc(-c2c3ccc(-c4ccc5oc6ccccc6c5c4)cc3c(-c3ccccc3)c3ccc(-c4ccc5oc6ccccc6c5c4)cc23)cc1. The molecule has 0 saturated carbocycles. The quantitative estimate of drug-likeness (QED) is 0.175. The molecule has 52 heavy (non-hydrogen) atoms. The van der Waals surface area contributed by atoms with Gasteiger partial charge in [-0.1, -0.05) is 133 Å². The lowest BCUT2D eigenvalue weighted by atomic mass is 9.84. The third kappa shape index (κ3) is 4.44. The summed E-state index contributed by atoms with van der Waals surface area (Å²) in [5, 5.41) is 9.45. The molecule has 0 fully saturated rings. The molecule has 0 aliphatic heterocycles. The van der Waals surface area contributed by atoms with Crippen LogP contribution in [0.25, 0.3) is 110 Å². The van der Waals surface area contributed by atoms with E-state index in [1.807, 2.05) is 24.3 Å². The molecule has 0 bridgehead atoms. The van der Waals surface area contributed by atoms with Gasteiger partial charge in [-0.2, -0.15) is 0 Å². The van der Waals surface area contributed by atoms with E-state index in [-0.39, 0.29) is 0 Å². The normalized spacial score (nSPS) is 11.8. The molecule has 2 aromatic heterocycles. The van der Waals surface area contributed by atoms with E-state index in [0.717, 1.165) is 43.9 Å². The molecule has 0 radical (unpaired) electrons. The Bertz CT molecular complexity index is 2950. The molecule has 11 aromatic rings. The van der Waals surface area contributed by atoms with E-state index in [1.54, 1.807) is 0 Å². The molecule has 11 rings (SSSR count). The van der Waals surface area contributed by atoms with E-state index in [0.29, 0.717) is 0 Å². The molecule has 242 valence electrons. The van der Waals surface area contributed by atoms with Crippen LogP contribution in [0, 0.1) is 0 Å². The van der Waals surface area contributed by atoms with E-state index < -0.39 is 0 Å². The zero-order valence-corrected chi connectivity index (χ0v) is 28.1. The van der Waals surface area contributed by atoms with E-state index in [9.17, 15) is 0 Å². The highest BCUT2D eigenvalue weighted by molar-refractivity contribution is 6.22. The molecular weight excluding hydrogens is 633 g/mol. The predicted octanol–water partition coefficient (Wildman–Crippen LogP) is 14.5. The van der Waals surface area contributed by atoms with Crippen LogP contribution in [0.1, 0.15) is 0 Å². The second-order valence-corrected chi connectivity index (χ2v) is 13.6. The van der Waals surface area contributed by atoms with Gasteiger partial charge in [-0.05, 0) is 115 Å².